The molecule has 0 fully saturated rings. The molecular formula is C12H20N2O2. The zero-order chi connectivity index (χ0) is 12.3. The third-order valence-corrected chi connectivity index (χ3v) is 2.57. The van der Waals surface area contributed by atoms with Gasteiger partial charge in [0.05, 0.1) is 0 Å². The van der Waals surface area contributed by atoms with Crippen molar-refractivity contribution in [2.45, 2.75) is 40.7 Å². The summed E-state index contributed by atoms with van der Waals surface area (Å²) in [6.07, 6.45) is 2.71. The van der Waals surface area contributed by atoms with E-state index in [1.54, 1.807) is 17.7 Å². The van der Waals surface area contributed by atoms with E-state index in [9.17, 15) is 9.59 Å². The first-order valence-corrected chi connectivity index (χ1v) is 5.70. The van der Waals surface area contributed by atoms with E-state index in [1.165, 1.54) is 0 Å². The molecule has 0 radical (unpaired) electrons. The molecule has 0 aliphatic rings. The van der Waals surface area contributed by atoms with Crippen molar-refractivity contribution in [3.05, 3.63) is 32.6 Å². The molecule has 1 aromatic heterocycles. The highest BCUT2D eigenvalue weighted by atomic mass is 16.2. The molecule has 0 aliphatic carbocycles. The minimum atomic E-state index is -0.314. The minimum Gasteiger partial charge on any atom is -0.300 e. The molecule has 1 aromatic rings. The number of aromatic amines is 1. The summed E-state index contributed by atoms with van der Waals surface area (Å²) in [6.45, 7) is 8.82. The van der Waals surface area contributed by atoms with E-state index in [2.05, 4.69) is 25.8 Å². The van der Waals surface area contributed by atoms with Crippen molar-refractivity contribution in [1.82, 2.24) is 9.55 Å². The van der Waals surface area contributed by atoms with E-state index in [-0.39, 0.29) is 11.2 Å². The minimum absolute atomic E-state index is 0.294. The number of hydrogen-bond donors (Lipinski definition) is 1. The van der Waals surface area contributed by atoms with Crippen LogP contribution in [-0.4, -0.2) is 9.55 Å². The topological polar surface area (TPSA) is 54.9 Å². The molecule has 0 aliphatic heterocycles. The Morgan fingerprint density at radius 3 is 2.50 bits per heavy atom. The molecule has 0 aromatic carbocycles. The molecule has 1 atom stereocenters. The van der Waals surface area contributed by atoms with E-state index in [0.717, 1.165) is 6.42 Å². The highest BCUT2D eigenvalue weighted by molar-refractivity contribution is 5.00. The van der Waals surface area contributed by atoms with Crippen LogP contribution in [0.25, 0.3) is 0 Å². The quantitative estimate of drug-likeness (QED) is 0.843. The smallest absolute Gasteiger partial charge is 0.300 e. The summed E-state index contributed by atoms with van der Waals surface area (Å²) in [5.41, 5.74) is -0.0275. The van der Waals surface area contributed by atoms with Gasteiger partial charge >= 0.3 is 5.69 Å². The Kier molecular flexibility index (Phi) is 4.10. The van der Waals surface area contributed by atoms with Gasteiger partial charge in [0.25, 0.3) is 5.56 Å². The summed E-state index contributed by atoms with van der Waals surface area (Å²) in [4.78, 5) is 25.0. The van der Waals surface area contributed by atoms with Crippen LogP contribution in [0.5, 0.6) is 0 Å². The molecule has 0 bridgehead atoms. The number of rotatable bonds is 4. The van der Waals surface area contributed by atoms with E-state index < -0.39 is 0 Å². The number of aromatic nitrogens is 2. The summed E-state index contributed by atoms with van der Waals surface area (Å²) < 4.78 is 1.59. The van der Waals surface area contributed by atoms with Gasteiger partial charge in [-0.25, -0.2) is 4.79 Å². The maximum absolute atomic E-state index is 11.5. The molecule has 0 saturated carbocycles. The van der Waals surface area contributed by atoms with Crippen LogP contribution < -0.4 is 11.2 Å². The van der Waals surface area contributed by atoms with Gasteiger partial charge in [-0.2, -0.15) is 0 Å². The molecule has 0 saturated heterocycles. The van der Waals surface area contributed by atoms with Crippen molar-refractivity contribution in [2.75, 3.05) is 0 Å². The van der Waals surface area contributed by atoms with Crippen molar-refractivity contribution >= 4 is 0 Å². The summed E-state index contributed by atoms with van der Waals surface area (Å²) in [5.74, 6) is 1.05. The van der Waals surface area contributed by atoms with Crippen LogP contribution in [0.4, 0.5) is 0 Å². The van der Waals surface area contributed by atoms with Gasteiger partial charge in [-0.05, 0) is 25.2 Å². The van der Waals surface area contributed by atoms with Gasteiger partial charge in [0, 0.05) is 18.3 Å². The lowest BCUT2D eigenvalue weighted by Gasteiger charge is -2.15. The Morgan fingerprint density at radius 1 is 1.31 bits per heavy atom. The van der Waals surface area contributed by atoms with E-state index in [1.807, 2.05) is 0 Å². The number of nitrogens with zero attached hydrogens (tertiary/aromatic N) is 1. The lowest BCUT2D eigenvalue weighted by molar-refractivity contribution is 0.381. The second-order valence-electron chi connectivity index (χ2n) is 4.96. The first-order chi connectivity index (χ1) is 7.40. The van der Waals surface area contributed by atoms with Crippen LogP contribution in [0.15, 0.2) is 15.8 Å². The second-order valence-corrected chi connectivity index (χ2v) is 4.96. The fraction of sp³-hybridized carbons (Fsp3) is 0.667. The van der Waals surface area contributed by atoms with Crippen LogP contribution in [0, 0.1) is 18.8 Å². The number of nitrogens with one attached hydrogen (secondary N) is 1. The monoisotopic (exact) mass is 224 g/mol. The predicted octanol–water partition coefficient (Wildman–Crippen LogP) is 1.53. The van der Waals surface area contributed by atoms with Gasteiger partial charge in [0.15, 0.2) is 0 Å². The fourth-order valence-electron chi connectivity index (χ4n) is 1.97. The van der Waals surface area contributed by atoms with Gasteiger partial charge in [0.1, 0.15) is 0 Å². The van der Waals surface area contributed by atoms with Gasteiger partial charge in [0.2, 0.25) is 0 Å². The molecule has 4 heteroatoms. The van der Waals surface area contributed by atoms with Crippen molar-refractivity contribution in [3.8, 4) is 0 Å². The molecule has 16 heavy (non-hydrogen) atoms. The Labute approximate surface area is 95.3 Å². The average molecular weight is 224 g/mol. The highest BCUT2D eigenvalue weighted by Gasteiger charge is 2.08. The molecule has 0 amide bonds. The Balaban J connectivity index is 2.86. The average Bonchev–Trinajstić information content (AvgIpc) is 2.12. The molecule has 0 spiro atoms. The van der Waals surface area contributed by atoms with Crippen LogP contribution >= 0.6 is 0 Å². The maximum Gasteiger partial charge on any atom is 0.328 e. The number of hydrogen-bond acceptors (Lipinski definition) is 2. The van der Waals surface area contributed by atoms with E-state index >= 15 is 0 Å². The summed E-state index contributed by atoms with van der Waals surface area (Å²) in [7, 11) is 0. The standard InChI is InChI=1S/C12H20N2O2/c1-8(2)5-9(3)6-14-7-10(4)11(15)13-12(14)16/h7-9H,5-6H2,1-4H3,(H,13,15,16). The normalized spacial score (nSPS) is 13.1. The van der Waals surface area contributed by atoms with Crippen molar-refractivity contribution in [3.63, 3.8) is 0 Å². The third-order valence-electron chi connectivity index (χ3n) is 2.57. The molecule has 4 nitrogen and oxygen atoms in total. The van der Waals surface area contributed by atoms with Crippen LogP contribution in [0.1, 0.15) is 32.8 Å². The van der Waals surface area contributed by atoms with Crippen molar-refractivity contribution in [2.24, 2.45) is 11.8 Å². The molecule has 1 N–H and O–H groups in total. The zero-order valence-electron chi connectivity index (χ0n) is 10.4. The van der Waals surface area contributed by atoms with Gasteiger partial charge < -0.3 is 4.57 Å². The molecule has 1 unspecified atom stereocenters. The first kappa shape index (κ1) is 12.7. The maximum atomic E-state index is 11.5. The van der Waals surface area contributed by atoms with E-state index in [0.29, 0.717) is 23.9 Å². The largest absolute Gasteiger partial charge is 0.328 e. The third kappa shape index (κ3) is 3.36. The summed E-state index contributed by atoms with van der Waals surface area (Å²) >= 11 is 0. The van der Waals surface area contributed by atoms with Gasteiger partial charge in [-0.15, -0.1) is 0 Å². The highest BCUT2D eigenvalue weighted by Crippen LogP contribution is 2.11. The van der Waals surface area contributed by atoms with Gasteiger partial charge in [-0.1, -0.05) is 20.8 Å². The first-order valence-electron chi connectivity index (χ1n) is 5.70. The number of aryl methyl sites for hydroxylation is 1. The van der Waals surface area contributed by atoms with Crippen LogP contribution in [0.2, 0.25) is 0 Å². The molecule has 1 rings (SSSR count). The predicted molar refractivity (Wildman–Crippen MR) is 64.7 cm³/mol. The lowest BCUT2D eigenvalue weighted by atomic mass is 9.99. The van der Waals surface area contributed by atoms with Crippen molar-refractivity contribution < 1.29 is 0 Å². The van der Waals surface area contributed by atoms with Crippen molar-refractivity contribution in [1.29, 1.82) is 0 Å². The fourth-order valence-corrected chi connectivity index (χ4v) is 1.97. The molecular weight excluding hydrogens is 204 g/mol. The SMILES string of the molecule is Cc1cn(CC(C)CC(C)C)c(=O)[nH]c1=O. The van der Waals surface area contributed by atoms with Crippen LogP contribution in [-0.2, 0) is 6.54 Å². The zero-order valence-corrected chi connectivity index (χ0v) is 10.4. The van der Waals surface area contributed by atoms with Gasteiger partial charge in [-0.3, -0.25) is 9.78 Å². The lowest BCUT2D eigenvalue weighted by Crippen LogP contribution is -2.32. The molecule has 1 heterocycles. The second kappa shape index (κ2) is 5.14. The summed E-state index contributed by atoms with van der Waals surface area (Å²) in [5, 5.41) is 0. The molecule has 90 valence electrons. The van der Waals surface area contributed by atoms with E-state index in [4.69, 9.17) is 0 Å². The Hall–Kier alpha value is -1.32. The Morgan fingerprint density at radius 2 is 1.94 bits per heavy atom. The van der Waals surface area contributed by atoms with Crippen LogP contribution in [0.3, 0.4) is 0 Å². The number of H-pyrrole nitrogens is 1. The Bertz CT molecular complexity index is 457. The summed E-state index contributed by atoms with van der Waals surface area (Å²) in [6, 6.07) is 0.